The van der Waals surface area contributed by atoms with Crippen molar-refractivity contribution in [2.45, 2.75) is 6.43 Å². The number of rotatable bonds is 3. The Kier molecular flexibility index (Phi) is 3.99. The number of aliphatic imine (C=N–C) groups is 1. The molecule has 0 radical (unpaired) electrons. The largest absolute Gasteiger partial charge is 0.455 e. The van der Waals surface area contributed by atoms with Crippen molar-refractivity contribution in [1.82, 2.24) is 0 Å². The second-order valence-corrected chi connectivity index (χ2v) is 5.09. The van der Waals surface area contributed by atoms with Crippen LogP contribution in [0.3, 0.4) is 0 Å². The van der Waals surface area contributed by atoms with E-state index in [0.717, 1.165) is 0 Å². The fourth-order valence-corrected chi connectivity index (χ4v) is 2.44. The third-order valence-corrected chi connectivity index (χ3v) is 3.45. The first kappa shape index (κ1) is 15.7. The lowest BCUT2D eigenvalue weighted by Gasteiger charge is -2.05. The molecule has 0 fully saturated rings. The Bertz CT molecular complexity index is 944. The molecule has 1 aromatic heterocycles. The van der Waals surface area contributed by atoms with Gasteiger partial charge in [0.25, 0.3) is 12.3 Å². The Labute approximate surface area is 135 Å². The Hall–Kier alpha value is -3.22. The van der Waals surface area contributed by atoms with Crippen LogP contribution in [-0.4, -0.2) is 11.9 Å². The molecular formula is C17H13F2N3O2. The highest BCUT2D eigenvalue weighted by Crippen LogP contribution is 2.34. The van der Waals surface area contributed by atoms with Gasteiger partial charge < -0.3 is 15.9 Å². The molecular weight excluding hydrogens is 316 g/mol. The number of hydrogen-bond donors (Lipinski definition) is 2. The highest BCUT2D eigenvalue weighted by molar-refractivity contribution is 6.03. The number of guanidine groups is 1. The summed E-state index contributed by atoms with van der Waals surface area (Å²) in [6, 6.07) is 13.0. The highest BCUT2D eigenvalue weighted by Gasteiger charge is 2.16. The van der Waals surface area contributed by atoms with Gasteiger partial charge >= 0.3 is 0 Å². The number of carbonyl (C=O) groups is 1. The molecule has 0 saturated carbocycles. The molecule has 7 heteroatoms. The van der Waals surface area contributed by atoms with E-state index in [0.29, 0.717) is 22.1 Å². The molecule has 2 aromatic carbocycles. The van der Waals surface area contributed by atoms with Crippen molar-refractivity contribution in [2.24, 2.45) is 16.5 Å². The molecule has 0 aliphatic rings. The van der Waals surface area contributed by atoms with Crippen molar-refractivity contribution in [3.8, 4) is 11.1 Å². The molecule has 1 amide bonds. The predicted octanol–water partition coefficient (Wildman–Crippen LogP) is 3.45. The smallest absolute Gasteiger partial charge is 0.295 e. The van der Waals surface area contributed by atoms with Crippen LogP contribution in [-0.2, 0) is 0 Å². The van der Waals surface area contributed by atoms with E-state index < -0.39 is 18.1 Å². The van der Waals surface area contributed by atoms with E-state index in [1.54, 1.807) is 42.5 Å². The van der Waals surface area contributed by atoms with E-state index in [-0.39, 0.29) is 11.5 Å². The summed E-state index contributed by atoms with van der Waals surface area (Å²) < 4.78 is 30.9. The number of alkyl halides is 2. The molecule has 1 heterocycles. The van der Waals surface area contributed by atoms with Crippen molar-refractivity contribution >= 4 is 22.8 Å². The summed E-state index contributed by atoms with van der Waals surface area (Å²) in [7, 11) is 0. The minimum Gasteiger partial charge on any atom is -0.455 e. The number of benzene rings is 2. The Morgan fingerprint density at radius 2 is 1.83 bits per heavy atom. The molecule has 3 aromatic rings. The quantitative estimate of drug-likeness (QED) is 0.568. The summed E-state index contributed by atoms with van der Waals surface area (Å²) in [5.41, 5.74) is 12.4. The summed E-state index contributed by atoms with van der Waals surface area (Å²) >= 11 is 0. The summed E-state index contributed by atoms with van der Waals surface area (Å²) in [4.78, 5) is 15.4. The average molecular weight is 329 g/mol. The van der Waals surface area contributed by atoms with Gasteiger partial charge in [-0.3, -0.25) is 4.79 Å². The van der Waals surface area contributed by atoms with Crippen molar-refractivity contribution in [3.63, 3.8) is 0 Å². The zero-order valence-electron chi connectivity index (χ0n) is 12.4. The van der Waals surface area contributed by atoms with Gasteiger partial charge in [-0.05, 0) is 35.4 Å². The van der Waals surface area contributed by atoms with Crippen LogP contribution in [0.25, 0.3) is 22.1 Å². The van der Waals surface area contributed by atoms with Crippen LogP contribution < -0.4 is 11.5 Å². The Morgan fingerprint density at radius 1 is 1.08 bits per heavy atom. The molecule has 0 aliphatic carbocycles. The fraction of sp³-hybridized carbons (Fsp3) is 0.0588. The third-order valence-electron chi connectivity index (χ3n) is 3.45. The second kappa shape index (κ2) is 6.11. The molecule has 4 N–H and O–H groups in total. The van der Waals surface area contributed by atoms with Gasteiger partial charge in [0.2, 0.25) is 0 Å². The van der Waals surface area contributed by atoms with Crippen LogP contribution in [0.1, 0.15) is 22.5 Å². The lowest BCUT2D eigenvalue weighted by Crippen LogP contribution is -2.24. The first-order chi connectivity index (χ1) is 11.5. The van der Waals surface area contributed by atoms with E-state index in [9.17, 15) is 13.6 Å². The standard InChI is InChI=1S/C17H13F2N3O2/c18-15(19)14-8-12-11(5-2-6-13(12)24-14)9-3-1-4-10(7-9)16(23)22-17(20)21/h1-8,15H,(H4,20,21,22,23). The van der Waals surface area contributed by atoms with E-state index in [1.807, 2.05) is 0 Å². The first-order valence-electron chi connectivity index (χ1n) is 7.00. The number of nitrogens with two attached hydrogens (primary N) is 2. The van der Waals surface area contributed by atoms with Gasteiger partial charge in [0.1, 0.15) is 5.58 Å². The molecule has 0 bridgehead atoms. The topological polar surface area (TPSA) is 94.6 Å². The number of fused-ring (bicyclic) bond motifs is 1. The molecule has 0 unspecified atom stereocenters. The number of nitrogens with zero attached hydrogens (tertiary/aromatic N) is 1. The van der Waals surface area contributed by atoms with Gasteiger partial charge in [-0.2, -0.15) is 4.99 Å². The number of furan rings is 1. The average Bonchev–Trinajstić information content (AvgIpc) is 2.98. The van der Waals surface area contributed by atoms with Crippen LogP contribution in [0.4, 0.5) is 8.78 Å². The monoisotopic (exact) mass is 329 g/mol. The maximum atomic E-state index is 12.9. The van der Waals surface area contributed by atoms with Crippen molar-refractivity contribution in [1.29, 1.82) is 0 Å². The predicted molar refractivity (Wildman–Crippen MR) is 86.7 cm³/mol. The lowest BCUT2D eigenvalue weighted by molar-refractivity contribution is 0.100. The third kappa shape index (κ3) is 2.96. The summed E-state index contributed by atoms with van der Waals surface area (Å²) in [6.07, 6.45) is -2.69. The number of halogens is 2. The van der Waals surface area contributed by atoms with Gasteiger partial charge in [-0.15, -0.1) is 0 Å². The van der Waals surface area contributed by atoms with Crippen molar-refractivity contribution in [3.05, 3.63) is 59.9 Å². The molecule has 0 aliphatic heterocycles. The zero-order chi connectivity index (χ0) is 17.3. The summed E-state index contributed by atoms with van der Waals surface area (Å²) in [6.45, 7) is 0. The number of amides is 1. The number of hydrogen-bond acceptors (Lipinski definition) is 2. The van der Waals surface area contributed by atoms with Gasteiger partial charge in [-0.25, -0.2) is 8.78 Å². The van der Waals surface area contributed by atoms with Crippen molar-refractivity contribution < 1.29 is 18.0 Å². The van der Waals surface area contributed by atoms with Gasteiger partial charge in [0.15, 0.2) is 11.7 Å². The SMILES string of the molecule is NC(N)=NC(=O)c1cccc(-c2cccc3oc(C(F)F)cc23)c1. The van der Waals surface area contributed by atoms with Crippen LogP contribution in [0.2, 0.25) is 0 Å². The fourth-order valence-electron chi connectivity index (χ4n) is 2.44. The Morgan fingerprint density at radius 3 is 2.54 bits per heavy atom. The molecule has 5 nitrogen and oxygen atoms in total. The van der Waals surface area contributed by atoms with E-state index >= 15 is 0 Å². The van der Waals surface area contributed by atoms with Crippen LogP contribution in [0, 0.1) is 0 Å². The van der Waals surface area contributed by atoms with E-state index in [2.05, 4.69) is 4.99 Å². The molecule has 24 heavy (non-hydrogen) atoms. The first-order valence-corrected chi connectivity index (χ1v) is 7.00. The maximum absolute atomic E-state index is 12.9. The van der Waals surface area contributed by atoms with Crippen LogP contribution in [0.5, 0.6) is 0 Å². The lowest BCUT2D eigenvalue weighted by atomic mass is 9.99. The van der Waals surface area contributed by atoms with Crippen LogP contribution >= 0.6 is 0 Å². The molecule has 0 atom stereocenters. The van der Waals surface area contributed by atoms with Crippen LogP contribution in [0.15, 0.2) is 57.9 Å². The summed E-state index contributed by atoms with van der Waals surface area (Å²) in [5.74, 6) is -1.31. The molecule has 3 rings (SSSR count). The summed E-state index contributed by atoms with van der Waals surface area (Å²) in [5, 5.41) is 0.541. The zero-order valence-corrected chi connectivity index (χ0v) is 12.4. The minimum atomic E-state index is -2.69. The normalized spacial score (nSPS) is 11.0. The number of carbonyl (C=O) groups excluding carboxylic acids is 1. The minimum absolute atomic E-state index is 0.287. The molecule has 0 spiro atoms. The van der Waals surface area contributed by atoms with Gasteiger partial charge in [-0.1, -0.05) is 24.3 Å². The molecule has 0 saturated heterocycles. The Balaban J connectivity index is 2.11. The van der Waals surface area contributed by atoms with Gasteiger partial charge in [0, 0.05) is 10.9 Å². The van der Waals surface area contributed by atoms with Crippen molar-refractivity contribution in [2.75, 3.05) is 0 Å². The van der Waals surface area contributed by atoms with E-state index in [4.69, 9.17) is 15.9 Å². The maximum Gasteiger partial charge on any atom is 0.295 e. The van der Waals surface area contributed by atoms with E-state index in [1.165, 1.54) is 6.07 Å². The second-order valence-electron chi connectivity index (χ2n) is 5.09. The molecule has 122 valence electrons. The van der Waals surface area contributed by atoms with Gasteiger partial charge in [0.05, 0.1) is 0 Å². The highest BCUT2D eigenvalue weighted by atomic mass is 19.3.